The fraction of sp³-hybridized carbons (Fsp3) is 0.0149. The van der Waals surface area contributed by atoms with Crippen LogP contribution in [0.3, 0.4) is 0 Å². The van der Waals surface area contributed by atoms with Gasteiger partial charge in [0.2, 0.25) is 0 Å². The van der Waals surface area contributed by atoms with Crippen molar-refractivity contribution < 1.29 is 0 Å². The maximum Gasteiger partial charge on any atom is 0.0714 e. The molecule has 0 saturated heterocycles. The van der Waals surface area contributed by atoms with Crippen molar-refractivity contribution in [2.24, 2.45) is 0 Å². The van der Waals surface area contributed by atoms with Crippen molar-refractivity contribution in [1.82, 2.24) is 4.57 Å². The van der Waals surface area contributed by atoms with E-state index in [1.165, 1.54) is 103 Å². The summed E-state index contributed by atoms with van der Waals surface area (Å²) in [6, 6.07) is 98.6. The highest BCUT2D eigenvalue weighted by atomic mass is 32.1. The molecule has 0 aliphatic heterocycles. The molecule has 0 unspecified atom stereocenters. The van der Waals surface area contributed by atoms with Gasteiger partial charge in [0.1, 0.15) is 0 Å². The second kappa shape index (κ2) is 16.2. The summed E-state index contributed by atoms with van der Waals surface area (Å²) in [6.45, 7) is 0. The molecule has 0 bridgehead atoms. The van der Waals surface area contributed by atoms with Gasteiger partial charge in [0.25, 0.3) is 0 Å². The molecule has 2 aromatic heterocycles. The molecule has 1 aliphatic carbocycles. The van der Waals surface area contributed by atoms with E-state index in [1.54, 1.807) is 0 Å². The van der Waals surface area contributed by atoms with Crippen LogP contribution in [0.2, 0.25) is 0 Å². The van der Waals surface area contributed by atoms with E-state index in [4.69, 9.17) is 0 Å². The van der Waals surface area contributed by atoms with Gasteiger partial charge in [-0.1, -0.05) is 200 Å². The molecule has 2 nitrogen and oxygen atoms in total. The van der Waals surface area contributed by atoms with Gasteiger partial charge in [-0.3, -0.25) is 0 Å². The van der Waals surface area contributed by atoms with E-state index in [-0.39, 0.29) is 0 Å². The van der Waals surface area contributed by atoms with Gasteiger partial charge >= 0.3 is 0 Å². The molecule has 0 N–H and O–H groups in total. The van der Waals surface area contributed by atoms with E-state index in [9.17, 15) is 0 Å². The van der Waals surface area contributed by atoms with Gasteiger partial charge in [0, 0.05) is 53.6 Å². The Morgan fingerprint density at radius 2 is 0.800 bits per heavy atom. The minimum Gasteiger partial charge on any atom is -0.310 e. The number of benzene rings is 11. The van der Waals surface area contributed by atoms with Crippen LogP contribution < -0.4 is 4.90 Å². The Labute approximate surface area is 411 Å². The number of thiophene rings is 1. The molecule has 0 radical (unpaired) electrons. The maximum absolute atomic E-state index is 2.47. The summed E-state index contributed by atoms with van der Waals surface area (Å²) in [5.41, 5.74) is 18.8. The van der Waals surface area contributed by atoms with E-state index in [0.717, 1.165) is 17.1 Å². The summed E-state index contributed by atoms with van der Waals surface area (Å²) in [5, 5.41) is 5.09. The zero-order valence-corrected chi connectivity index (χ0v) is 39.0. The Morgan fingerprint density at radius 1 is 0.314 bits per heavy atom. The number of aromatic nitrogens is 1. The number of para-hydroxylation sites is 3. The lowest BCUT2D eigenvalue weighted by molar-refractivity contribution is 0.768. The fourth-order valence-electron chi connectivity index (χ4n) is 11.6. The predicted octanol–water partition coefficient (Wildman–Crippen LogP) is 18.3. The molecule has 0 fully saturated rings. The van der Waals surface area contributed by atoms with Crippen LogP contribution in [0, 0.1) is 0 Å². The normalized spacial score (nSPS) is 12.7. The van der Waals surface area contributed by atoms with Crippen LogP contribution in [-0.4, -0.2) is 4.57 Å². The SMILES string of the molecule is c1ccc(C2(c3ccccc3)c3ccccc3-c3ccc(N(c4ccc(-c5ccc(-c6ccccc6-n6c7ccccc7c7ccccc76)cc5)cc4)c4ccc5sc6ccccc6c5c4)cc32)cc1. The molecule has 13 aromatic rings. The summed E-state index contributed by atoms with van der Waals surface area (Å²) in [4.78, 5) is 2.45. The minimum atomic E-state index is -0.510. The van der Waals surface area contributed by atoms with Crippen molar-refractivity contribution in [2.75, 3.05) is 4.90 Å². The number of rotatable bonds is 8. The fourth-order valence-corrected chi connectivity index (χ4v) is 12.7. The Hall–Kier alpha value is -8.76. The van der Waals surface area contributed by atoms with E-state index in [0.29, 0.717) is 0 Å². The monoisotopic (exact) mass is 908 g/mol. The average Bonchev–Trinajstić information content (AvgIpc) is 4.08. The minimum absolute atomic E-state index is 0.510. The standard InChI is InChI=1S/C67H44N2S/c1-3-17-48(18-4-1)67(49-19-5-2-6-20-49)60-26-12-7-22-54(60)55-41-39-52(44-61(55)67)68(51-40-42-66-59(43-51)58-25-11-16-30-65(58)70-66)50-37-35-46(36-38-50)45-31-33-47(34-32-45)53-21-8-13-27-62(53)69-63-28-14-9-23-56(63)57-24-10-15-29-64(57)69/h1-44H. The highest BCUT2D eigenvalue weighted by molar-refractivity contribution is 7.25. The number of hydrogen-bond acceptors (Lipinski definition) is 2. The molecule has 0 saturated carbocycles. The van der Waals surface area contributed by atoms with Crippen molar-refractivity contribution in [3.8, 4) is 39.1 Å². The van der Waals surface area contributed by atoms with Crippen molar-refractivity contribution in [1.29, 1.82) is 0 Å². The number of hydrogen-bond donors (Lipinski definition) is 0. The van der Waals surface area contributed by atoms with Crippen LogP contribution in [0.15, 0.2) is 267 Å². The quantitative estimate of drug-likeness (QED) is 0.147. The lowest BCUT2D eigenvalue weighted by Gasteiger charge is -2.35. The first kappa shape index (κ1) is 40.3. The van der Waals surface area contributed by atoms with Crippen LogP contribution in [0.25, 0.3) is 81.0 Å². The summed E-state index contributed by atoms with van der Waals surface area (Å²) >= 11 is 1.86. The van der Waals surface area contributed by atoms with Gasteiger partial charge in [-0.15, -0.1) is 11.3 Å². The van der Waals surface area contributed by atoms with E-state index in [1.807, 2.05) is 11.3 Å². The third-order valence-corrected chi connectivity index (χ3v) is 15.9. The lowest BCUT2D eigenvalue weighted by Crippen LogP contribution is -2.28. The molecule has 1 aliphatic rings. The van der Waals surface area contributed by atoms with Gasteiger partial charge in [-0.2, -0.15) is 0 Å². The summed E-state index contributed by atoms with van der Waals surface area (Å²) in [7, 11) is 0. The summed E-state index contributed by atoms with van der Waals surface area (Å²) in [5.74, 6) is 0. The zero-order chi connectivity index (χ0) is 46.2. The molecule has 0 amide bonds. The maximum atomic E-state index is 2.47. The molecule has 328 valence electrons. The molecule has 3 heteroatoms. The van der Waals surface area contributed by atoms with Gasteiger partial charge < -0.3 is 9.47 Å². The first-order valence-corrected chi connectivity index (χ1v) is 24.9. The highest BCUT2D eigenvalue weighted by Crippen LogP contribution is 2.57. The van der Waals surface area contributed by atoms with Crippen LogP contribution in [0.4, 0.5) is 17.1 Å². The molecule has 0 atom stereocenters. The Morgan fingerprint density at radius 3 is 1.50 bits per heavy atom. The molecular weight excluding hydrogens is 865 g/mol. The molecule has 2 heterocycles. The molecule has 0 spiro atoms. The van der Waals surface area contributed by atoms with Gasteiger partial charge in [0.15, 0.2) is 0 Å². The second-order valence-electron chi connectivity index (χ2n) is 18.4. The third kappa shape index (κ3) is 6.19. The second-order valence-corrected chi connectivity index (χ2v) is 19.5. The Balaban J connectivity index is 0.891. The van der Waals surface area contributed by atoms with Gasteiger partial charge in [0.05, 0.1) is 22.1 Å². The van der Waals surface area contributed by atoms with E-state index >= 15 is 0 Å². The zero-order valence-electron chi connectivity index (χ0n) is 38.2. The summed E-state index contributed by atoms with van der Waals surface area (Å²) in [6.07, 6.45) is 0. The molecule has 70 heavy (non-hydrogen) atoms. The van der Waals surface area contributed by atoms with Crippen LogP contribution in [0.5, 0.6) is 0 Å². The predicted molar refractivity (Wildman–Crippen MR) is 297 cm³/mol. The summed E-state index contributed by atoms with van der Waals surface area (Å²) < 4.78 is 5.01. The highest BCUT2D eigenvalue weighted by Gasteiger charge is 2.46. The van der Waals surface area contributed by atoms with Crippen LogP contribution >= 0.6 is 11.3 Å². The van der Waals surface area contributed by atoms with Crippen molar-refractivity contribution >= 4 is 70.4 Å². The number of anilines is 3. The third-order valence-electron chi connectivity index (χ3n) is 14.7. The largest absolute Gasteiger partial charge is 0.310 e. The molecule has 11 aromatic carbocycles. The number of nitrogens with zero attached hydrogens (tertiary/aromatic N) is 2. The van der Waals surface area contributed by atoms with Crippen molar-refractivity contribution in [2.45, 2.75) is 5.41 Å². The Kier molecular flexibility index (Phi) is 9.33. The Bertz CT molecular complexity index is 4020. The lowest BCUT2D eigenvalue weighted by atomic mass is 9.67. The average molecular weight is 909 g/mol. The number of fused-ring (bicyclic) bond motifs is 9. The first-order chi connectivity index (χ1) is 34.7. The van der Waals surface area contributed by atoms with Crippen molar-refractivity contribution in [3.63, 3.8) is 0 Å². The first-order valence-electron chi connectivity index (χ1n) is 24.1. The van der Waals surface area contributed by atoms with Crippen LogP contribution in [-0.2, 0) is 5.41 Å². The van der Waals surface area contributed by atoms with E-state index in [2.05, 4.69) is 276 Å². The van der Waals surface area contributed by atoms with Crippen LogP contribution in [0.1, 0.15) is 22.3 Å². The smallest absolute Gasteiger partial charge is 0.0714 e. The van der Waals surface area contributed by atoms with Crippen molar-refractivity contribution in [3.05, 3.63) is 289 Å². The molecular formula is C67H44N2S. The molecule has 14 rings (SSSR count). The topological polar surface area (TPSA) is 8.17 Å². The van der Waals surface area contributed by atoms with Gasteiger partial charge in [-0.05, 0) is 117 Å². The van der Waals surface area contributed by atoms with E-state index < -0.39 is 5.41 Å². The van der Waals surface area contributed by atoms with Gasteiger partial charge in [-0.25, -0.2) is 0 Å².